The molecule has 1 aliphatic rings. The third-order valence-electron chi connectivity index (χ3n) is 3.81. The van der Waals surface area contributed by atoms with Crippen LogP contribution in [0.25, 0.3) is 0 Å². The Labute approximate surface area is 141 Å². The van der Waals surface area contributed by atoms with Gasteiger partial charge in [0, 0.05) is 30.2 Å². The molecule has 0 atom stereocenters. The Hall–Kier alpha value is -2.27. The van der Waals surface area contributed by atoms with E-state index in [4.69, 9.17) is 5.73 Å². The summed E-state index contributed by atoms with van der Waals surface area (Å²) in [5.41, 5.74) is 8.34. The molecule has 0 bridgehead atoms. The van der Waals surface area contributed by atoms with Gasteiger partial charge >= 0.3 is 0 Å². The number of hydrogen-bond donors (Lipinski definition) is 2. The van der Waals surface area contributed by atoms with E-state index in [0.717, 1.165) is 26.1 Å². The minimum atomic E-state index is 0.509. The molecular weight excluding hydrogens is 304 g/mol. The molecule has 0 radical (unpaired) electrons. The highest BCUT2D eigenvalue weighted by atomic mass is 32.1. The summed E-state index contributed by atoms with van der Waals surface area (Å²) in [5.74, 6) is 0.509. The average Bonchev–Trinajstić information content (AvgIpc) is 3.27. The van der Waals surface area contributed by atoms with Crippen LogP contribution in [0.3, 0.4) is 0 Å². The maximum atomic E-state index is 5.92. The predicted octanol–water partition coefficient (Wildman–Crippen LogP) is 2.77. The van der Waals surface area contributed by atoms with E-state index < -0.39 is 0 Å². The van der Waals surface area contributed by atoms with Crippen molar-refractivity contribution in [1.29, 1.82) is 0 Å². The predicted molar refractivity (Wildman–Crippen MR) is 99.1 cm³/mol. The normalized spacial score (nSPS) is 14.4. The maximum Gasteiger partial charge on any atom is 0.188 e. The topological polar surface area (TPSA) is 53.6 Å². The minimum absolute atomic E-state index is 0.509. The van der Waals surface area contributed by atoms with Crippen LogP contribution in [0.1, 0.15) is 10.4 Å². The number of guanidine groups is 1. The van der Waals surface area contributed by atoms with E-state index >= 15 is 0 Å². The summed E-state index contributed by atoms with van der Waals surface area (Å²) in [6.07, 6.45) is 5.37. The summed E-state index contributed by atoms with van der Waals surface area (Å²) in [6.45, 7) is 3.42. The first-order chi connectivity index (χ1) is 11.3. The number of anilines is 1. The van der Waals surface area contributed by atoms with Crippen LogP contribution in [-0.4, -0.2) is 25.6 Å². The van der Waals surface area contributed by atoms with Gasteiger partial charge in [0.2, 0.25) is 0 Å². The van der Waals surface area contributed by atoms with Gasteiger partial charge in [-0.05, 0) is 35.6 Å². The van der Waals surface area contributed by atoms with Crippen LogP contribution in [0.15, 0.2) is 58.9 Å². The number of nitrogens with zero attached hydrogens (tertiary/aromatic N) is 2. The zero-order chi connectivity index (χ0) is 15.9. The second-order valence-corrected chi connectivity index (χ2v) is 6.53. The molecule has 120 valence electrons. The lowest BCUT2D eigenvalue weighted by Gasteiger charge is -2.17. The molecule has 1 aromatic carbocycles. The van der Waals surface area contributed by atoms with E-state index in [0.29, 0.717) is 12.5 Å². The summed E-state index contributed by atoms with van der Waals surface area (Å²) >= 11 is 1.77. The van der Waals surface area contributed by atoms with Crippen molar-refractivity contribution in [3.8, 4) is 0 Å². The molecule has 0 aliphatic carbocycles. The Bertz CT molecular complexity index is 651. The second kappa shape index (κ2) is 7.83. The van der Waals surface area contributed by atoms with Crippen LogP contribution in [0.2, 0.25) is 0 Å². The zero-order valence-corrected chi connectivity index (χ0v) is 13.9. The Balaban J connectivity index is 1.44. The van der Waals surface area contributed by atoms with Gasteiger partial charge in [0.25, 0.3) is 0 Å². The molecule has 0 spiro atoms. The fraction of sp³-hybridized carbons (Fsp3) is 0.278. The SMILES string of the molecule is NC(=NCc1ccc(N2CC=CC2)cc1)NCCc1cccs1. The molecular formula is C18H22N4S. The van der Waals surface area contributed by atoms with Crippen LogP contribution in [-0.2, 0) is 13.0 Å². The van der Waals surface area contributed by atoms with E-state index in [9.17, 15) is 0 Å². The molecule has 0 amide bonds. The molecule has 4 nitrogen and oxygen atoms in total. The van der Waals surface area contributed by atoms with Gasteiger partial charge in [-0.15, -0.1) is 11.3 Å². The molecule has 5 heteroatoms. The van der Waals surface area contributed by atoms with Crippen LogP contribution < -0.4 is 16.0 Å². The Kier molecular flexibility index (Phi) is 5.32. The molecule has 3 rings (SSSR count). The van der Waals surface area contributed by atoms with Crippen molar-refractivity contribution in [2.75, 3.05) is 24.5 Å². The minimum Gasteiger partial charge on any atom is -0.370 e. The quantitative estimate of drug-likeness (QED) is 0.487. The first kappa shape index (κ1) is 15.6. The van der Waals surface area contributed by atoms with Crippen molar-refractivity contribution in [3.63, 3.8) is 0 Å². The number of benzene rings is 1. The number of nitrogens with one attached hydrogen (secondary N) is 1. The molecule has 1 aromatic heterocycles. The van der Waals surface area contributed by atoms with Crippen LogP contribution in [0.4, 0.5) is 5.69 Å². The molecule has 0 fully saturated rings. The zero-order valence-electron chi connectivity index (χ0n) is 13.1. The van der Waals surface area contributed by atoms with E-state index in [-0.39, 0.29) is 0 Å². The molecule has 0 saturated carbocycles. The van der Waals surface area contributed by atoms with Gasteiger partial charge in [0.05, 0.1) is 6.54 Å². The van der Waals surface area contributed by atoms with Crippen molar-refractivity contribution in [2.24, 2.45) is 10.7 Å². The lowest BCUT2D eigenvalue weighted by atomic mass is 10.2. The maximum absolute atomic E-state index is 5.92. The summed E-state index contributed by atoms with van der Waals surface area (Å²) < 4.78 is 0. The molecule has 2 aromatic rings. The van der Waals surface area contributed by atoms with Crippen molar-refractivity contribution >= 4 is 23.0 Å². The number of aliphatic imine (C=N–C) groups is 1. The second-order valence-electron chi connectivity index (χ2n) is 5.50. The van der Waals surface area contributed by atoms with Crippen LogP contribution >= 0.6 is 11.3 Å². The first-order valence-electron chi connectivity index (χ1n) is 7.86. The number of rotatable bonds is 6. The van der Waals surface area contributed by atoms with Gasteiger partial charge in [-0.1, -0.05) is 30.4 Å². The van der Waals surface area contributed by atoms with Crippen molar-refractivity contribution in [1.82, 2.24) is 5.32 Å². The van der Waals surface area contributed by atoms with Crippen molar-refractivity contribution in [3.05, 3.63) is 64.4 Å². The lowest BCUT2D eigenvalue weighted by molar-refractivity contribution is 0.857. The largest absolute Gasteiger partial charge is 0.370 e. The molecule has 1 aliphatic heterocycles. The fourth-order valence-electron chi connectivity index (χ4n) is 2.50. The standard InChI is InChI=1S/C18H22N4S/c19-18(20-10-9-17-4-3-13-23-17)21-14-15-5-7-16(8-6-15)22-11-1-2-12-22/h1-8,13H,9-12,14H2,(H3,19,20,21). The summed E-state index contributed by atoms with van der Waals surface area (Å²) in [4.78, 5) is 8.09. The molecule has 2 heterocycles. The molecule has 23 heavy (non-hydrogen) atoms. The molecule has 0 saturated heterocycles. The summed E-state index contributed by atoms with van der Waals surface area (Å²) in [7, 11) is 0. The van der Waals surface area contributed by atoms with Crippen molar-refractivity contribution < 1.29 is 0 Å². The number of thiophene rings is 1. The van der Waals surface area contributed by atoms with E-state index in [1.165, 1.54) is 16.1 Å². The molecule has 3 N–H and O–H groups in total. The van der Waals surface area contributed by atoms with Gasteiger partial charge in [-0.3, -0.25) is 0 Å². The monoisotopic (exact) mass is 326 g/mol. The van der Waals surface area contributed by atoms with Gasteiger partial charge in [-0.2, -0.15) is 0 Å². The highest BCUT2D eigenvalue weighted by Crippen LogP contribution is 2.17. The Morgan fingerprint density at radius 1 is 1.17 bits per heavy atom. The van der Waals surface area contributed by atoms with Gasteiger partial charge < -0.3 is 16.0 Å². The van der Waals surface area contributed by atoms with Gasteiger partial charge in [-0.25, -0.2) is 4.99 Å². The van der Waals surface area contributed by atoms with E-state index in [1.54, 1.807) is 11.3 Å². The Morgan fingerprint density at radius 3 is 2.65 bits per heavy atom. The third-order valence-corrected chi connectivity index (χ3v) is 4.75. The molecule has 0 unspecified atom stereocenters. The van der Waals surface area contributed by atoms with E-state index in [2.05, 4.69) is 69.1 Å². The highest BCUT2D eigenvalue weighted by Gasteiger charge is 2.06. The number of nitrogens with two attached hydrogens (primary N) is 1. The van der Waals surface area contributed by atoms with Crippen molar-refractivity contribution in [2.45, 2.75) is 13.0 Å². The fourth-order valence-corrected chi connectivity index (χ4v) is 3.21. The lowest BCUT2D eigenvalue weighted by Crippen LogP contribution is -2.33. The highest BCUT2D eigenvalue weighted by molar-refractivity contribution is 7.09. The summed E-state index contributed by atoms with van der Waals surface area (Å²) in [6, 6.07) is 12.7. The smallest absolute Gasteiger partial charge is 0.188 e. The average molecular weight is 326 g/mol. The third kappa shape index (κ3) is 4.60. The first-order valence-corrected chi connectivity index (χ1v) is 8.74. The number of hydrogen-bond acceptors (Lipinski definition) is 3. The van der Waals surface area contributed by atoms with Gasteiger partial charge in [0.1, 0.15) is 0 Å². The Morgan fingerprint density at radius 2 is 1.96 bits per heavy atom. The summed E-state index contributed by atoms with van der Waals surface area (Å²) in [5, 5.41) is 5.26. The van der Waals surface area contributed by atoms with Gasteiger partial charge in [0.15, 0.2) is 5.96 Å². The van der Waals surface area contributed by atoms with Crippen LogP contribution in [0.5, 0.6) is 0 Å². The van der Waals surface area contributed by atoms with E-state index in [1.807, 2.05) is 0 Å². The van der Waals surface area contributed by atoms with Crippen LogP contribution in [0, 0.1) is 0 Å².